The lowest BCUT2D eigenvalue weighted by atomic mass is 9.99. The highest BCUT2D eigenvalue weighted by Crippen LogP contribution is 2.33. The number of fused-ring (bicyclic) bond motifs is 1. The Kier molecular flexibility index (Phi) is 3.48. The topological polar surface area (TPSA) is 62.7 Å². The molecule has 3 rings (SSSR count). The molecule has 1 fully saturated rings. The van der Waals surface area contributed by atoms with Crippen molar-refractivity contribution < 1.29 is 14.6 Å². The second-order valence-corrected chi connectivity index (χ2v) is 5.96. The third-order valence-corrected chi connectivity index (χ3v) is 4.72. The van der Waals surface area contributed by atoms with Crippen molar-refractivity contribution in [3.05, 3.63) is 18.2 Å². The number of nitrogens with zero attached hydrogens (tertiary/aromatic N) is 2. The Morgan fingerprint density at radius 3 is 3.15 bits per heavy atom. The first kappa shape index (κ1) is 13.2. The number of aromatic nitrogens is 1. The molecule has 1 unspecified atom stereocenters. The SMILES string of the molecule is COc1ccc2sc(N3CCCC(C(=O)O)C3)nc2c1. The van der Waals surface area contributed by atoms with E-state index in [-0.39, 0.29) is 5.92 Å². The molecule has 106 valence electrons. The predicted molar refractivity (Wildman–Crippen MR) is 78.7 cm³/mol. The van der Waals surface area contributed by atoms with E-state index in [1.165, 1.54) is 0 Å². The van der Waals surface area contributed by atoms with Crippen LogP contribution in [-0.4, -0.2) is 36.3 Å². The molecule has 0 radical (unpaired) electrons. The molecule has 0 saturated carbocycles. The molecule has 2 aromatic rings. The van der Waals surface area contributed by atoms with Crippen molar-refractivity contribution in [1.29, 1.82) is 0 Å². The summed E-state index contributed by atoms with van der Waals surface area (Å²) in [7, 11) is 1.64. The first-order chi connectivity index (χ1) is 9.67. The third kappa shape index (κ3) is 2.43. The molecule has 0 bridgehead atoms. The van der Waals surface area contributed by atoms with E-state index in [1.807, 2.05) is 18.2 Å². The van der Waals surface area contributed by atoms with Crippen LogP contribution in [0, 0.1) is 5.92 Å². The number of hydrogen-bond donors (Lipinski definition) is 1. The molecular formula is C14H16N2O3S. The predicted octanol–water partition coefficient (Wildman–Crippen LogP) is 2.61. The molecule has 0 aliphatic carbocycles. The highest BCUT2D eigenvalue weighted by molar-refractivity contribution is 7.22. The molecule has 0 spiro atoms. The van der Waals surface area contributed by atoms with Crippen LogP contribution >= 0.6 is 11.3 Å². The van der Waals surface area contributed by atoms with Crippen molar-refractivity contribution in [2.45, 2.75) is 12.8 Å². The zero-order valence-corrected chi connectivity index (χ0v) is 12.0. The van der Waals surface area contributed by atoms with Gasteiger partial charge >= 0.3 is 5.97 Å². The molecule has 2 heterocycles. The average Bonchev–Trinajstić information content (AvgIpc) is 2.90. The van der Waals surface area contributed by atoms with Crippen molar-refractivity contribution in [1.82, 2.24) is 4.98 Å². The maximum atomic E-state index is 11.1. The molecule has 1 saturated heterocycles. The van der Waals surface area contributed by atoms with Gasteiger partial charge in [-0.2, -0.15) is 0 Å². The fourth-order valence-electron chi connectivity index (χ4n) is 2.51. The monoisotopic (exact) mass is 292 g/mol. The smallest absolute Gasteiger partial charge is 0.308 e. The number of rotatable bonds is 3. The number of aliphatic carboxylic acids is 1. The fourth-order valence-corrected chi connectivity index (χ4v) is 3.49. The van der Waals surface area contributed by atoms with Crippen LogP contribution in [-0.2, 0) is 4.79 Å². The number of thiazole rings is 1. The minimum atomic E-state index is -0.711. The standard InChI is InChI=1S/C14H16N2O3S/c1-19-10-4-5-12-11(7-10)15-14(20-12)16-6-2-3-9(8-16)13(17)18/h4-5,7,9H,2-3,6,8H2,1H3,(H,17,18). The summed E-state index contributed by atoms with van der Waals surface area (Å²) >= 11 is 1.60. The molecule has 20 heavy (non-hydrogen) atoms. The number of ether oxygens (including phenoxy) is 1. The van der Waals surface area contributed by atoms with E-state index >= 15 is 0 Å². The second kappa shape index (κ2) is 5.28. The van der Waals surface area contributed by atoms with Crippen molar-refractivity contribution in [3.8, 4) is 5.75 Å². The lowest BCUT2D eigenvalue weighted by Gasteiger charge is -2.30. The van der Waals surface area contributed by atoms with Crippen LogP contribution in [0.5, 0.6) is 5.75 Å². The fraction of sp³-hybridized carbons (Fsp3) is 0.429. The third-order valence-electron chi connectivity index (χ3n) is 3.62. The van der Waals surface area contributed by atoms with Gasteiger partial charge in [-0.15, -0.1) is 0 Å². The van der Waals surface area contributed by atoms with Gasteiger partial charge in [-0.1, -0.05) is 11.3 Å². The zero-order valence-electron chi connectivity index (χ0n) is 11.2. The van der Waals surface area contributed by atoms with Crippen molar-refractivity contribution in [2.75, 3.05) is 25.1 Å². The van der Waals surface area contributed by atoms with E-state index in [0.29, 0.717) is 6.54 Å². The highest BCUT2D eigenvalue weighted by Gasteiger charge is 2.27. The summed E-state index contributed by atoms with van der Waals surface area (Å²) in [5, 5.41) is 10.1. The molecule has 1 aromatic carbocycles. The van der Waals surface area contributed by atoms with Crippen LogP contribution in [0.4, 0.5) is 5.13 Å². The van der Waals surface area contributed by atoms with Crippen LogP contribution in [0.3, 0.4) is 0 Å². The first-order valence-electron chi connectivity index (χ1n) is 6.59. The Balaban J connectivity index is 1.88. The summed E-state index contributed by atoms with van der Waals surface area (Å²) < 4.78 is 6.29. The van der Waals surface area contributed by atoms with Gasteiger partial charge in [0.05, 0.1) is 23.2 Å². The van der Waals surface area contributed by atoms with Gasteiger partial charge in [-0.3, -0.25) is 4.79 Å². The molecule has 0 amide bonds. The Morgan fingerprint density at radius 2 is 2.40 bits per heavy atom. The van der Waals surface area contributed by atoms with Crippen molar-refractivity contribution in [3.63, 3.8) is 0 Å². The van der Waals surface area contributed by atoms with Gasteiger partial charge in [0, 0.05) is 19.2 Å². The molecule has 1 aliphatic rings. The minimum absolute atomic E-state index is 0.287. The van der Waals surface area contributed by atoms with E-state index in [9.17, 15) is 4.79 Å². The maximum absolute atomic E-state index is 11.1. The van der Waals surface area contributed by atoms with E-state index in [0.717, 1.165) is 40.5 Å². The van der Waals surface area contributed by atoms with E-state index < -0.39 is 5.97 Å². The van der Waals surface area contributed by atoms with Gasteiger partial charge in [0.2, 0.25) is 0 Å². The van der Waals surface area contributed by atoms with Crippen molar-refractivity contribution >= 4 is 32.7 Å². The van der Waals surface area contributed by atoms with Crippen LogP contribution in [0.2, 0.25) is 0 Å². The molecule has 1 aliphatic heterocycles. The molecule has 1 N–H and O–H groups in total. The van der Waals surface area contributed by atoms with E-state index in [4.69, 9.17) is 9.84 Å². The quantitative estimate of drug-likeness (QED) is 0.942. The number of benzene rings is 1. The van der Waals surface area contributed by atoms with Crippen molar-refractivity contribution in [2.24, 2.45) is 5.92 Å². The largest absolute Gasteiger partial charge is 0.497 e. The molecule has 5 nitrogen and oxygen atoms in total. The van der Waals surface area contributed by atoms with Gasteiger partial charge in [-0.05, 0) is 25.0 Å². The van der Waals surface area contributed by atoms with Crippen LogP contribution in [0.25, 0.3) is 10.2 Å². The molecular weight excluding hydrogens is 276 g/mol. The summed E-state index contributed by atoms with van der Waals surface area (Å²) in [5.74, 6) is -0.209. The first-order valence-corrected chi connectivity index (χ1v) is 7.41. The van der Waals surface area contributed by atoms with Gasteiger partial charge in [0.1, 0.15) is 5.75 Å². The summed E-state index contributed by atoms with van der Waals surface area (Å²) in [6, 6.07) is 5.82. The zero-order chi connectivity index (χ0) is 14.1. The van der Waals surface area contributed by atoms with Gasteiger partial charge < -0.3 is 14.7 Å². The highest BCUT2D eigenvalue weighted by atomic mass is 32.1. The van der Waals surface area contributed by atoms with Gasteiger partial charge in [-0.25, -0.2) is 4.98 Å². The molecule has 1 atom stereocenters. The average molecular weight is 292 g/mol. The van der Waals surface area contributed by atoms with Crippen LogP contribution in [0.15, 0.2) is 18.2 Å². The Hall–Kier alpha value is -1.82. The molecule has 6 heteroatoms. The minimum Gasteiger partial charge on any atom is -0.497 e. The number of piperidine rings is 1. The Morgan fingerprint density at radius 1 is 1.55 bits per heavy atom. The lowest BCUT2D eigenvalue weighted by Crippen LogP contribution is -2.38. The lowest BCUT2D eigenvalue weighted by molar-refractivity contribution is -0.141. The molecule has 1 aromatic heterocycles. The maximum Gasteiger partial charge on any atom is 0.308 e. The normalized spacial score (nSPS) is 19.2. The van der Waals surface area contributed by atoms with Crippen LogP contribution in [0.1, 0.15) is 12.8 Å². The number of carboxylic acids is 1. The Labute approximate surface area is 120 Å². The summed E-state index contributed by atoms with van der Waals surface area (Å²) in [4.78, 5) is 17.8. The number of anilines is 1. The number of methoxy groups -OCH3 is 1. The Bertz CT molecular complexity index is 640. The van der Waals surface area contributed by atoms with E-state index in [2.05, 4.69) is 9.88 Å². The van der Waals surface area contributed by atoms with Gasteiger partial charge in [0.25, 0.3) is 0 Å². The van der Waals surface area contributed by atoms with Gasteiger partial charge in [0.15, 0.2) is 5.13 Å². The number of carboxylic acid groups (broad SMARTS) is 1. The second-order valence-electron chi connectivity index (χ2n) is 4.95. The number of hydrogen-bond acceptors (Lipinski definition) is 5. The summed E-state index contributed by atoms with van der Waals surface area (Å²) in [6.07, 6.45) is 1.65. The number of carbonyl (C=O) groups is 1. The summed E-state index contributed by atoms with van der Waals surface area (Å²) in [6.45, 7) is 1.42. The van der Waals surface area contributed by atoms with E-state index in [1.54, 1.807) is 18.4 Å². The van der Waals surface area contributed by atoms with Crippen LogP contribution < -0.4 is 9.64 Å². The summed E-state index contributed by atoms with van der Waals surface area (Å²) in [5.41, 5.74) is 0.904.